The highest BCUT2D eigenvalue weighted by Gasteiger charge is 2.42. The summed E-state index contributed by atoms with van der Waals surface area (Å²) in [7, 11) is 0. The predicted octanol–water partition coefficient (Wildman–Crippen LogP) is 14.3. The molecule has 4 N–H and O–H groups in total. The van der Waals surface area contributed by atoms with Crippen LogP contribution in [-0.2, 0) is 52.0 Å². The Morgan fingerprint density at radius 1 is 0.450 bits per heavy atom. The molecule has 0 spiro atoms. The third kappa shape index (κ3) is 24.9. The Labute approximate surface area is 633 Å². The summed E-state index contributed by atoms with van der Waals surface area (Å²) in [6.45, 7) is 17.4. The smallest absolute Gasteiger partial charge is 0.416 e. The van der Waals surface area contributed by atoms with E-state index in [0.29, 0.717) is 72.1 Å². The van der Waals surface area contributed by atoms with Crippen LogP contribution < -0.4 is 0 Å². The van der Waals surface area contributed by atoms with Crippen molar-refractivity contribution >= 4 is 46.4 Å². The van der Waals surface area contributed by atoms with Crippen LogP contribution in [0.2, 0.25) is 0 Å². The van der Waals surface area contributed by atoms with Gasteiger partial charge in [0.2, 0.25) is 17.5 Å². The van der Waals surface area contributed by atoms with Gasteiger partial charge in [0.25, 0.3) is 0 Å². The fraction of sp³-hybridized carbons (Fsp3) is 0.425. The van der Waals surface area contributed by atoms with Crippen molar-refractivity contribution in [3.8, 4) is 34.2 Å². The van der Waals surface area contributed by atoms with Crippen LogP contribution in [-0.4, -0.2) is 195 Å². The number of carbonyl (C=O) groups excluding carboxylic acids is 3. The van der Waals surface area contributed by atoms with Gasteiger partial charge in [-0.25, -0.2) is 14.4 Å². The number of carbonyl (C=O) groups is 3. The summed E-state index contributed by atoms with van der Waals surface area (Å²) < 4.78 is 141. The molecule has 3 fully saturated rings. The van der Waals surface area contributed by atoms with Gasteiger partial charge in [-0.3, -0.25) is 0 Å². The molecule has 0 radical (unpaired) electrons. The summed E-state index contributed by atoms with van der Waals surface area (Å²) in [5, 5.41) is 69.6. The van der Waals surface area contributed by atoms with E-state index >= 15 is 0 Å². The number of hydrogen-bond acceptors (Lipinski definition) is 19. The number of nitrogens with one attached hydrogen (secondary N) is 1. The summed E-state index contributed by atoms with van der Waals surface area (Å²) in [4.78, 5) is 43.1. The highest BCUT2D eigenvalue weighted by molar-refractivity contribution is 9.09. The first-order valence-corrected chi connectivity index (χ1v) is 35.9. The Balaban J connectivity index is 0.000000189. The van der Waals surface area contributed by atoms with E-state index in [0.717, 1.165) is 64.2 Å². The Bertz CT molecular complexity index is 4230. The number of aliphatic hydroxyl groups excluding tert-OH is 3. The molecule has 6 atom stereocenters. The number of amides is 3. The number of likely N-dealkylation sites (tertiary alicyclic amines) is 3. The highest BCUT2D eigenvalue weighted by atomic mass is 79.9. The van der Waals surface area contributed by atoms with Crippen molar-refractivity contribution in [2.24, 2.45) is 0 Å². The molecule has 6 aromatic carbocycles. The molecule has 0 aliphatic carbocycles. The maximum atomic E-state index is 12.9. The van der Waals surface area contributed by atoms with E-state index in [1.54, 1.807) is 65.8 Å². The van der Waals surface area contributed by atoms with Gasteiger partial charge in [-0.15, -0.1) is 30.6 Å². The van der Waals surface area contributed by atoms with Gasteiger partial charge in [0.05, 0.1) is 72.6 Å². The molecule has 3 aliphatic rings. The summed E-state index contributed by atoms with van der Waals surface area (Å²) >= 11 is 3.54. The number of nitrogens with zero attached hydrogens (tertiary/aromatic N) is 14. The van der Waals surface area contributed by atoms with E-state index < -0.39 is 94.6 Å². The van der Waals surface area contributed by atoms with Crippen LogP contribution in [0.3, 0.4) is 0 Å². The van der Waals surface area contributed by atoms with E-state index in [2.05, 4.69) is 67.4 Å². The topological polar surface area (TPSA) is 291 Å². The van der Waals surface area contributed by atoms with E-state index in [-0.39, 0.29) is 49.2 Å². The third-order valence-corrected chi connectivity index (χ3v) is 17.2. The summed E-state index contributed by atoms with van der Waals surface area (Å²) in [6, 6.07) is 36.0. The average Bonchev–Trinajstić information content (AvgIpc) is 1.63. The van der Waals surface area contributed by atoms with Gasteiger partial charge in [0.1, 0.15) is 28.9 Å². The standard InChI is InChI=1S/2C24H26F3N5O3.C15H11F3N4.C9H16BrNO3.CH3FS/c2*1-23(2,3)35-22(34)31-13-19(20(33)14-31)32-29-21(28-30-32)18-7-5-4-6-16(18)12-15-8-10-17(11-9-15)24(25,26)27;16-15(17,18)12-7-5-10(6-8-12)9-11-3-1-2-4-13(11)14-19-21-22-20-14;1-9(2,3)14-8(13)11-4-6(10)7(12)5-11;1-3-2/h2*4-11,19-20,33H,12-14H2,1-3H3;1-8H,9H2,(H,19,20,21,22);6-7,12H,4-5H2,1-3H3;1H3/t19-,20-;;;;/m0..../s1. The number of hydrogen-bond donors (Lipinski definition) is 4. The molecule has 36 heteroatoms. The molecule has 0 bridgehead atoms. The maximum absolute atomic E-state index is 12.9. The number of tetrazole rings is 3. The van der Waals surface area contributed by atoms with Crippen LogP contribution in [0.1, 0.15) is 124 Å². The van der Waals surface area contributed by atoms with E-state index in [9.17, 15) is 73.1 Å². The van der Waals surface area contributed by atoms with Crippen molar-refractivity contribution in [2.45, 2.75) is 152 Å². The lowest BCUT2D eigenvalue weighted by Gasteiger charge is -2.24. The van der Waals surface area contributed by atoms with Crippen molar-refractivity contribution in [3.05, 3.63) is 196 Å². The number of H-pyrrole nitrogens is 1. The molecular weight excluding hydrogens is 1530 g/mol. The summed E-state index contributed by atoms with van der Waals surface area (Å²) in [5.41, 5.74) is 3.05. The van der Waals surface area contributed by atoms with Gasteiger partial charge >= 0.3 is 36.8 Å². The molecule has 3 amide bonds. The first kappa shape index (κ1) is 85.0. The number of ether oxygens (including phenoxy) is 3. The molecule has 586 valence electrons. The number of rotatable bonds is 11. The minimum absolute atomic E-state index is 0.0463. The third-order valence-electron chi connectivity index (χ3n) is 16.3. The van der Waals surface area contributed by atoms with E-state index in [1.807, 2.05) is 69.3 Å². The number of aromatic nitrogens is 12. The Hall–Kier alpha value is -9.65. The predicted molar refractivity (Wildman–Crippen MR) is 386 cm³/mol. The van der Waals surface area contributed by atoms with Gasteiger partial charge in [-0.1, -0.05) is 125 Å². The lowest BCUT2D eigenvalue weighted by atomic mass is 9.98. The van der Waals surface area contributed by atoms with E-state index in [4.69, 9.17) is 14.2 Å². The van der Waals surface area contributed by atoms with E-state index in [1.165, 1.54) is 66.9 Å². The largest absolute Gasteiger partial charge is 0.444 e. The van der Waals surface area contributed by atoms with Crippen molar-refractivity contribution < 1.29 is 87.3 Å². The maximum Gasteiger partial charge on any atom is 0.416 e. The number of aliphatic hydroxyl groups is 3. The molecule has 9 aromatic rings. The Kier molecular flexibility index (Phi) is 28.3. The fourth-order valence-electron chi connectivity index (χ4n) is 11.2. The number of aromatic amines is 1. The zero-order valence-electron chi connectivity index (χ0n) is 60.8. The molecular formula is C73H82BrF10N15O9S. The van der Waals surface area contributed by atoms with Crippen molar-refractivity contribution in [3.63, 3.8) is 0 Å². The number of benzene rings is 6. The minimum atomic E-state index is -4.39. The van der Waals surface area contributed by atoms with Gasteiger partial charge in [0, 0.05) is 41.6 Å². The first-order valence-electron chi connectivity index (χ1n) is 33.9. The second-order valence-electron chi connectivity index (χ2n) is 28.4. The zero-order valence-corrected chi connectivity index (χ0v) is 63.2. The lowest BCUT2D eigenvalue weighted by molar-refractivity contribution is -0.138. The molecule has 3 aromatic heterocycles. The number of halogens is 11. The highest BCUT2D eigenvalue weighted by Crippen LogP contribution is 2.35. The van der Waals surface area contributed by atoms with Crippen LogP contribution in [0.5, 0.6) is 0 Å². The second kappa shape index (κ2) is 36.3. The Morgan fingerprint density at radius 3 is 1.02 bits per heavy atom. The SMILES string of the molecule is CC(C)(C)OC(=O)N1CC(O)C(Br)C1.CC(C)(C)OC(=O)N1CC(O)C(n2nnc(-c3ccccc3Cc3ccc(C(F)(F)F)cc3)n2)C1.CC(C)(C)OC(=O)N1C[C@H](O)[C@@H](n2nnc(-c3ccccc3Cc3ccc(C(F)(F)F)cc3)n2)C1.CSF.FC(F)(F)c1ccc(Cc2ccccc2-c2nn[nH]n2)cc1. The average molecular weight is 1620 g/mol. The van der Waals surface area contributed by atoms with Crippen molar-refractivity contribution in [1.82, 2.24) is 75.7 Å². The summed E-state index contributed by atoms with van der Waals surface area (Å²) in [6.07, 6.45) is -14.2. The zero-order chi connectivity index (χ0) is 80.0. The molecule has 6 heterocycles. The molecule has 3 aliphatic heterocycles. The van der Waals surface area contributed by atoms with Crippen molar-refractivity contribution in [1.29, 1.82) is 0 Å². The van der Waals surface area contributed by atoms with Crippen LogP contribution >= 0.6 is 28.1 Å². The normalized spacial score (nSPS) is 18.1. The van der Waals surface area contributed by atoms with Gasteiger partial charge in [-0.2, -0.15) is 58.2 Å². The number of alkyl halides is 10. The molecule has 12 rings (SSSR count). The lowest BCUT2D eigenvalue weighted by Crippen LogP contribution is -2.36. The quantitative estimate of drug-likeness (QED) is 0.0531. The van der Waals surface area contributed by atoms with Crippen molar-refractivity contribution in [2.75, 3.05) is 45.5 Å². The molecule has 4 unspecified atom stereocenters. The number of β-amino-alcohol motifs (C(OH)–C–C–N with tert-alkyl or cyclic N) is 3. The minimum Gasteiger partial charge on any atom is -0.444 e. The first-order chi connectivity index (χ1) is 51.1. The molecule has 109 heavy (non-hydrogen) atoms. The van der Waals surface area contributed by atoms with Crippen LogP contribution in [0.4, 0.5) is 57.8 Å². The Morgan fingerprint density at radius 2 is 0.743 bits per heavy atom. The monoisotopic (exact) mass is 1610 g/mol. The van der Waals surface area contributed by atoms with Crippen LogP contribution in [0.15, 0.2) is 146 Å². The molecule has 24 nitrogen and oxygen atoms in total. The molecule has 3 saturated heterocycles. The van der Waals surface area contributed by atoms with Crippen LogP contribution in [0.25, 0.3) is 34.2 Å². The second-order valence-corrected chi connectivity index (χ2v) is 29.8. The van der Waals surface area contributed by atoms with Gasteiger partial charge in [0.15, 0.2) is 0 Å². The fourth-order valence-corrected chi connectivity index (χ4v) is 11.7. The van der Waals surface area contributed by atoms with Gasteiger partial charge < -0.3 is 44.2 Å². The molecule has 0 saturated carbocycles. The van der Waals surface area contributed by atoms with Crippen LogP contribution in [0, 0.1) is 0 Å². The van der Waals surface area contributed by atoms with Gasteiger partial charge in [-0.05, 0) is 167 Å². The summed E-state index contributed by atoms with van der Waals surface area (Å²) in [5.74, 6) is 1.09.